The average molecular weight is 250 g/mol. The molecule has 0 amide bonds. The second-order valence-corrected chi connectivity index (χ2v) is 3.91. The molecule has 96 valence electrons. The van der Waals surface area contributed by atoms with Gasteiger partial charge in [-0.2, -0.15) is 5.26 Å². The van der Waals surface area contributed by atoms with Crippen LogP contribution in [-0.4, -0.2) is 26.7 Å². The first-order chi connectivity index (χ1) is 8.56. The maximum atomic E-state index is 13.2. The number of ether oxygens (including phenoxy) is 1. The molecule has 0 radical (unpaired) electrons. The monoisotopic (exact) mass is 250 g/mol. The second-order valence-electron chi connectivity index (χ2n) is 3.91. The topological polar surface area (TPSA) is 53.3 Å². The summed E-state index contributed by atoms with van der Waals surface area (Å²) in [4.78, 5) is 12.7. The molecule has 0 saturated carbocycles. The summed E-state index contributed by atoms with van der Waals surface area (Å²) in [5.41, 5.74) is 0.904. The van der Waals surface area contributed by atoms with E-state index in [1.54, 1.807) is 18.0 Å². The highest BCUT2D eigenvalue weighted by atomic mass is 19.1. The fourth-order valence-corrected chi connectivity index (χ4v) is 1.55. The van der Waals surface area contributed by atoms with E-state index in [2.05, 4.69) is 4.74 Å². The van der Waals surface area contributed by atoms with E-state index in [0.717, 1.165) is 0 Å². The fourth-order valence-electron chi connectivity index (χ4n) is 1.55. The van der Waals surface area contributed by atoms with Gasteiger partial charge < -0.3 is 9.64 Å². The van der Waals surface area contributed by atoms with Gasteiger partial charge in [0.05, 0.1) is 18.7 Å². The molecule has 0 bridgehead atoms. The molecule has 0 fully saturated rings. The first-order valence-corrected chi connectivity index (χ1v) is 5.55. The molecule has 0 aliphatic rings. The summed E-state index contributed by atoms with van der Waals surface area (Å²) < 4.78 is 17.8. The molecule has 0 spiro atoms. The van der Waals surface area contributed by atoms with E-state index in [1.165, 1.54) is 19.2 Å². The predicted octanol–water partition coefficient (Wildman–Crippen LogP) is 2.09. The van der Waals surface area contributed by atoms with Gasteiger partial charge in [-0.25, -0.2) is 4.39 Å². The number of nitrogens with zero attached hydrogens (tertiary/aromatic N) is 2. The van der Waals surface area contributed by atoms with Crippen molar-refractivity contribution < 1.29 is 13.9 Å². The van der Waals surface area contributed by atoms with Crippen LogP contribution in [0.3, 0.4) is 0 Å². The van der Waals surface area contributed by atoms with Crippen LogP contribution in [0.5, 0.6) is 0 Å². The van der Waals surface area contributed by atoms with Crippen molar-refractivity contribution in [1.82, 2.24) is 0 Å². The smallest absolute Gasteiger partial charge is 0.305 e. The molecule has 1 aromatic carbocycles. The fraction of sp³-hybridized carbons (Fsp3) is 0.385. The number of esters is 1. The van der Waals surface area contributed by atoms with Crippen molar-refractivity contribution in [2.75, 3.05) is 25.6 Å². The number of anilines is 1. The van der Waals surface area contributed by atoms with Crippen LogP contribution in [0.15, 0.2) is 18.2 Å². The summed E-state index contributed by atoms with van der Waals surface area (Å²) in [5, 5.41) is 8.75. The van der Waals surface area contributed by atoms with Crippen LogP contribution in [0.1, 0.15) is 18.4 Å². The molecular formula is C13H15FN2O2. The van der Waals surface area contributed by atoms with Gasteiger partial charge in [0.1, 0.15) is 5.82 Å². The Morgan fingerprint density at radius 1 is 1.50 bits per heavy atom. The lowest BCUT2D eigenvalue weighted by atomic mass is 10.2. The average Bonchev–Trinajstić information content (AvgIpc) is 2.37. The lowest BCUT2D eigenvalue weighted by Crippen LogP contribution is -2.19. The van der Waals surface area contributed by atoms with Crippen LogP contribution in [-0.2, 0) is 9.53 Å². The number of hydrogen-bond acceptors (Lipinski definition) is 4. The molecule has 0 N–H and O–H groups in total. The minimum absolute atomic E-state index is 0.264. The van der Waals surface area contributed by atoms with Gasteiger partial charge in [0.15, 0.2) is 0 Å². The third kappa shape index (κ3) is 4.06. The molecule has 0 saturated heterocycles. The molecule has 1 rings (SSSR count). The highest BCUT2D eigenvalue weighted by Gasteiger charge is 2.06. The van der Waals surface area contributed by atoms with Gasteiger partial charge in [0.25, 0.3) is 0 Å². The highest BCUT2D eigenvalue weighted by molar-refractivity contribution is 5.69. The van der Waals surface area contributed by atoms with Crippen LogP contribution in [0, 0.1) is 17.1 Å². The highest BCUT2D eigenvalue weighted by Crippen LogP contribution is 2.17. The molecule has 4 nitrogen and oxygen atoms in total. The van der Waals surface area contributed by atoms with Gasteiger partial charge in [0, 0.05) is 25.7 Å². The SMILES string of the molecule is COC(=O)CCCN(C)c1cc(F)cc(C#N)c1. The predicted molar refractivity (Wildman–Crippen MR) is 65.6 cm³/mol. The summed E-state index contributed by atoms with van der Waals surface area (Å²) in [6.45, 7) is 0.587. The Hall–Kier alpha value is -2.09. The van der Waals surface area contributed by atoms with Crippen molar-refractivity contribution in [3.8, 4) is 6.07 Å². The number of methoxy groups -OCH3 is 1. The van der Waals surface area contributed by atoms with Gasteiger partial charge in [-0.3, -0.25) is 4.79 Å². The van der Waals surface area contributed by atoms with E-state index in [4.69, 9.17) is 5.26 Å². The van der Waals surface area contributed by atoms with Gasteiger partial charge in [-0.1, -0.05) is 0 Å². The van der Waals surface area contributed by atoms with Crippen LogP contribution in [0.25, 0.3) is 0 Å². The zero-order valence-electron chi connectivity index (χ0n) is 10.4. The van der Waals surface area contributed by atoms with E-state index in [9.17, 15) is 9.18 Å². The summed E-state index contributed by atoms with van der Waals surface area (Å²) >= 11 is 0. The molecule has 1 aromatic rings. The Kier molecular flexibility index (Phi) is 5.12. The molecule has 0 aromatic heterocycles. The zero-order chi connectivity index (χ0) is 13.5. The number of halogens is 1. The Morgan fingerprint density at radius 2 is 2.22 bits per heavy atom. The van der Waals surface area contributed by atoms with E-state index < -0.39 is 5.82 Å². The lowest BCUT2D eigenvalue weighted by molar-refractivity contribution is -0.140. The zero-order valence-corrected chi connectivity index (χ0v) is 10.4. The quantitative estimate of drug-likeness (QED) is 0.751. The van der Waals surface area contributed by atoms with Gasteiger partial charge in [-0.15, -0.1) is 0 Å². The Morgan fingerprint density at radius 3 is 2.83 bits per heavy atom. The summed E-state index contributed by atoms with van der Waals surface area (Å²) in [5.74, 6) is -0.704. The number of carbonyl (C=O) groups is 1. The first-order valence-electron chi connectivity index (χ1n) is 5.55. The Labute approximate surface area is 106 Å². The Balaban J connectivity index is 2.61. The number of nitriles is 1. The normalized spacial score (nSPS) is 9.67. The molecule has 0 aliphatic carbocycles. The van der Waals surface area contributed by atoms with Crippen molar-refractivity contribution >= 4 is 11.7 Å². The molecule has 0 aliphatic heterocycles. The molecule has 0 heterocycles. The second kappa shape index (κ2) is 6.60. The molecule has 0 unspecified atom stereocenters. The van der Waals surface area contributed by atoms with Crippen molar-refractivity contribution in [3.63, 3.8) is 0 Å². The largest absolute Gasteiger partial charge is 0.469 e. The summed E-state index contributed by atoms with van der Waals surface area (Å²) in [6, 6.07) is 6.06. The lowest BCUT2D eigenvalue weighted by Gasteiger charge is -2.19. The minimum atomic E-state index is -0.441. The third-order valence-electron chi connectivity index (χ3n) is 2.55. The van der Waals surface area contributed by atoms with Gasteiger partial charge in [-0.05, 0) is 24.6 Å². The standard InChI is InChI=1S/C13H15FN2O2/c1-16(5-3-4-13(17)18-2)12-7-10(9-15)6-11(14)8-12/h6-8H,3-5H2,1-2H3. The number of hydrogen-bond donors (Lipinski definition) is 0. The summed E-state index contributed by atoms with van der Waals surface area (Å²) in [6.07, 6.45) is 0.933. The molecule has 5 heteroatoms. The summed E-state index contributed by atoms with van der Waals surface area (Å²) in [7, 11) is 3.13. The maximum absolute atomic E-state index is 13.2. The van der Waals surface area contributed by atoms with Crippen molar-refractivity contribution in [1.29, 1.82) is 5.26 Å². The van der Waals surface area contributed by atoms with Crippen LogP contribution >= 0.6 is 0 Å². The van der Waals surface area contributed by atoms with Crippen molar-refractivity contribution in [2.24, 2.45) is 0 Å². The Bertz CT molecular complexity index is 469. The number of carbonyl (C=O) groups excluding carboxylic acids is 1. The molecule has 0 atom stereocenters. The van der Waals surface area contributed by atoms with E-state index in [0.29, 0.717) is 25.1 Å². The molecular weight excluding hydrogens is 235 g/mol. The van der Waals surface area contributed by atoms with Gasteiger partial charge >= 0.3 is 5.97 Å². The maximum Gasteiger partial charge on any atom is 0.305 e. The number of rotatable bonds is 5. The van der Waals surface area contributed by atoms with Crippen molar-refractivity contribution in [3.05, 3.63) is 29.6 Å². The van der Waals surface area contributed by atoms with E-state index in [1.807, 2.05) is 6.07 Å². The van der Waals surface area contributed by atoms with Crippen LogP contribution < -0.4 is 4.90 Å². The first kappa shape index (κ1) is 14.0. The third-order valence-corrected chi connectivity index (χ3v) is 2.55. The molecule has 18 heavy (non-hydrogen) atoms. The number of benzene rings is 1. The van der Waals surface area contributed by atoms with E-state index in [-0.39, 0.29) is 11.5 Å². The minimum Gasteiger partial charge on any atom is -0.469 e. The van der Waals surface area contributed by atoms with Crippen LogP contribution in [0.2, 0.25) is 0 Å². The van der Waals surface area contributed by atoms with Gasteiger partial charge in [0.2, 0.25) is 0 Å². The van der Waals surface area contributed by atoms with Crippen LogP contribution in [0.4, 0.5) is 10.1 Å². The van der Waals surface area contributed by atoms with E-state index >= 15 is 0 Å². The van der Waals surface area contributed by atoms with Crippen molar-refractivity contribution in [2.45, 2.75) is 12.8 Å².